The molecule has 1 aromatic carbocycles. The summed E-state index contributed by atoms with van der Waals surface area (Å²) in [4.78, 5) is 23.4. The molecule has 3 aliphatic heterocycles. The van der Waals surface area contributed by atoms with E-state index in [-0.39, 0.29) is 5.95 Å². The Balaban J connectivity index is 1.57. The van der Waals surface area contributed by atoms with Crippen LogP contribution in [0.15, 0.2) is 18.2 Å². The van der Waals surface area contributed by atoms with Crippen molar-refractivity contribution in [1.82, 2.24) is 15.3 Å². The highest BCUT2D eigenvalue weighted by Crippen LogP contribution is 2.40. The monoisotopic (exact) mass is 395 g/mol. The Labute approximate surface area is 169 Å². The Bertz CT molecular complexity index is 950. The molecule has 8 nitrogen and oxygen atoms in total. The zero-order valence-corrected chi connectivity index (χ0v) is 16.5. The van der Waals surface area contributed by atoms with Crippen LogP contribution in [0, 0.1) is 5.92 Å². The number of nitrogens with one attached hydrogen (secondary N) is 1. The van der Waals surface area contributed by atoms with E-state index < -0.39 is 5.97 Å². The van der Waals surface area contributed by atoms with Crippen molar-refractivity contribution in [2.75, 3.05) is 44.0 Å². The molecule has 0 spiro atoms. The van der Waals surface area contributed by atoms with Crippen molar-refractivity contribution >= 4 is 17.7 Å². The summed E-state index contributed by atoms with van der Waals surface area (Å²) >= 11 is 0. The van der Waals surface area contributed by atoms with Gasteiger partial charge in [0, 0.05) is 36.7 Å². The number of hydrogen-bond acceptors (Lipinski definition) is 8. The Kier molecular flexibility index (Phi) is 4.50. The molecular formula is C21H25N5O3. The minimum atomic E-state index is -0.393. The fourth-order valence-corrected chi connectivity index (χ4v) is 4.77. The lowest BCUT2D eigenvalue weighted by atomic mass is 9.94. The number of fused-ring (bicyclic) bond motifs is 4. The molecule has 2 atom stereocenters. The van der Waals surface area contributed by atoms with Gasteiger partial charge < -0.3 is 25.4 Å². The minimum absolute atomic E-state index is 0.256. The summed E-state index contributed by atoms with van der Waals surface area (Å²) in [5.41, 5.74) is 9.25. The van der Waals surface area contributed by atoms with Crippen LogP contribution in [0.25, 0.3) is 11.3 Å². The summed E-state index contributed by atoms with van der Waals surface area (Å²) in [5.74, 6) is 2.04. The fraction of sp³-hybridized carbons (Fsp3) is 0.476. The predicted octanol–water partition coefficient (Wildman–Crippen LogP) is 1.64. The van der Waals surface area contributed by atoms with Crippen molar-refractivity contribution in [3.8, 4) is 17.0 Å². The summed E-state index contributed by atoms with van der Waals surface area (Å²) in [6.07, 6.45) is 3.16. The topological polar surface area (TPSA) is 103 Å². The maximum absolute atomic E-state index is 11.9. The van der Waals surface area contributed by atoms with Gasteiger partial charge in [0.25, 0.3) is 0 Å². The standard InChI is InChI=1S/C21H25N5O3/c1-28-20(27)12-4-5-14-17(9-12)29-8-6-15-18(14)24-21(22)25-19(15)26-10-13-3-2-7-23-16(13)11-26/h4-5,9,13,16,23H,2-3,6-8,10-11H2,1H3,(H2,22,24,25). The molecule has 2 aromatic rings. The molecule has 152 valence electrons. The highest BCUT2D eigenvalue weighted by atomic mass is 16.5. The average Bonchev–Trinajstić information content (AvgIpc) is 3.09. The van der Waals surface area contributed by atoms with Gasteiger partial charge in [-0.05, 0) is 43.5 Å². The first-order valence-corrected chi connectivity index (χ1v) is 10.1. The number of nitrogens with two attached hydrogens (primary N) is 1. The zero-order valence-electron chi connectivity index (χ0n) is 16.5. The first-order chi connectivity index (χ1) is 14.1. The number of nitrogens with zero attached hydrogens (tertiary/aromatic N) is 3. The van der Waals surface area contributed by atoms with Crippen LogP contribution in [-0.4, -0.2) is 55.3 Å². The van der Waals surface area contributed by atoms with E-state index in [1.54, 1.807) is 12.1 Å². The maximum atomic E-state index is 11.9. The van der Waals surface area contributed by atoms with Crippen molar-refractivity contribution < 1.29 is 14.3 Å². The van der Waals surface area contributed by atoms with Gasteiger partial charge in [-0.2, -0.15) is 4.98 Å². The summed E-state index contributed by atoms with van der Waals surface area (Å²) < 4.78 is 10.8. The van der Waals surface area contributed by atoms with Gasteiger partial charge in [0.05, 0.1) is 25.0 Å². The van der Waals surface area contributed by atoms with Crippen molar-refractivity contribution in [1.29, 1.82) is 0 Å². The van der Waals surface area contributed by atoms with E-state index in [0.29, 0.717) is 36.3 Å². The normalized spacial score (nSPS) is 22.7. The molecular weight excluding hydrogens is 370 g/mol. The zero-order chi connectivity index (χ0) is 20.0. The van der Waals surface area contributed by atoms with E-state index >= 15 is 0 Å². The van der Waals surface area contributed by atoms with Crippen molar-refractivity contribution in [3.05, 3.63) is 29.3 Å². The molecule has 1 aromatic heterocycles. The van der Waals surface area contributed by atoms with Gasteiger partial charge in [-0.15, -0.1) is 0 Å². The SMILES string of the molecule is COC(=O)c1ccc2c(c1)OCCc1c-2nc(N)nc1N1CC2CCCNC2C1. The van der Waals surface area contributed by atoms with E-state index in [4.69, 9.17) is 15.2 Å². The number of anilines is 2. The molecule has 2 fully saturated rings. The van der Waals surface area contributed by atoms with Crippen LogP contribution in [0.2, 0.25) is 0 Å². The number of piperidine rings is 1. The lowest BCUT2D eigenvalue weighted by Gasteiger charge is -2.24. The molecule has 0 bridgehead atoms. The number of aromatic nitrogens is 2. The number of esters is 1. The molecule has 3 N–H and O–H groups in total. The lowest BCUT2D eigenvalue weighted by Crippen LogP contribution is -2.40. The molecule has 0 aliphatic carbocycles. The molecule has 0 amide bonds. The fourth-order valence-electron chi connectivity index (χ4n) is 4.77. The maximum Gasteiger partial charge on any atom is 0.337 e. The highest BCUT2D eigenvalue weighted by Gasteiger charge is 2.36. The molecule has 5 rings (SSSR count). The van der Waals surface area contributed by atoms with E-state index in [1.807, 2.05) is 6.07 Å². The number of nitrogen functional groups attached to an aromatic ring is 1. The number of benzene rings is 1. The second-order valence-corrected chi connectivity index (χ2v) is 7.90. The second-order valence-electron chi connectivity index (χ2n) is 7.90. The van der Waals surface area contributed by atoms with E-state index in [0.717, 1.165) is 42.3 Å². The number of methoxy groups -OCH3 is 1. The van der Waals surface area contributed by atoms with Gasteiger partial charge >= 0.3 is 5.97 Å². The molecule has 8 heteroatoms. The van der Waals surface area contributed by atoms with E-state index in [9.17, 15) is 4.79 Å². The first-order valence-electron chi connectivity index (χ1n) is 10.1. The predicted molar refractivity (Wildman–Crippen MR) is 109 cm³/mol. The van der Waals surface area contributed by atoms with E-state index in [2.05, 4.69) is 20.2 Å². The first kappa shape index (κ1) is 18.2. The van der Waals surface area contributed by atoms with Crippen LogP contribution in [0.3, 0.4) is 0 Å². The Morgan fingerprint density at radius 3 is 3.07 bits per heavy atom. The largest absolute Gasteiger partial charge is 0.493 e. The molecule has 0 saturated carbocycles. The van der Waals surface area contributed by atoms with Crippen LogP contribution >= 0.6 is 0 Å². The highest BCUT2D eigenvalue weighted by molar-refractivity contribution is 5.91. The molecule has 4 heterocycles. The van der Waals surface area contributed by atoms with Crippen LogP contribution in [0.5, 0.6) is 5.75 Å². The van der Waals surface area contributed by atoms with E-state index in [1.165, 1.54) is 20.0 Å². The Hall–Kier alpha value is -2.87. The molecule has 0 radical (unpaired) electrons. The van der Waals surface area contributed by atoms with Crippen molar-refractivity contribution in [3.63, 3.8) is 0 Å². The number of rotatable bonds is 2. The lowest BCUT2D eigenvalue weighted by molar-refractivity contribution is 0.0600. The van der Waals surface area contributed by atoms with Gasteiger partial charge in [-0.25, -0.2) is 9.78 Å². The second kappa shape index (κ2) is 7.18. The van der Waals surface area contributed by atoms with Gasteiger partial charge in [0.1, 0.15) is 11.6 Å². The number of ether oxygens (including phenoxy) is 2. The summed E-state index contributed by atoms with van der Waals surface area (Å²) in [6.45, 7) is 3.49. The Morgan fingerprint density at radius 1 is 1.34 bits per heavy atom. The van der Waals surface area contributed by atoms with Gasteiger partial charge in [-0.3, -0.25) is 0 Å². The third-order valence-corrected chi connectivity index (χ3v) is 6.17. The smallest absolute Gasteiger partial charge is 0.337 e. The third kappa shape index (κ3) is 3.17. The van der Waals surface area contributed by atoms with Gasteiger partial charge in [0.15, 0.2) is 0 Å². The summed E-state index contributed by atoms with van der Waals surface area (Å²) in [5, 5.41) is 3.64. The average molecular weight is 395 g/mol. The minimum Gasteiger partial charge on any atom is -0.493 e. The molecule has 2 unspecified atom stereocenters. The van der Waals surface area contributed by atoms with Gasteiger partial charge in [0.2, 0.25) is 5.95 Å². The summed E-state index contributed by atoms with van der Waals surface area (Å²) in [6, 6.07) is 5.80. The van der Waals surface area contributed by atoms with Crippen LogP contribution in [0.1, 0.15) is 28.8 Å². The quantitative estimate of drug-likeness (QED) is 0.740. The molecule has 2 saturated heterocycles. The third-order valence-electron chi connectivity index (χ3n) is 6.17. The Morgan fingerprint density at radius 2 is 2.24 bits per heavy atom. The van der Waals surface area contributed by atoms with Crippen LogP contribution in [-0.2, 0) is 11.2 Å². The van der Waals surface area contributed by atoms with Crippen molar-refractivity contribution in [2.45, 2.75) is 25.3 Å². The number of hydrogen-bond donors (Lipinski definition) is 2. The van der Waals surface area contributed by atoms with Crippen molar-refractivity contribution in [2.24, 2.45) is 5.92 Å². The number of carbonyl (C=O) groups excluding carboxylic acids is 1. The van der Waals surface area contributed by atoms with Crippen LogP contribution < -0.4 is 20.7 Å². The molecule has 29 heavy (non-hydrogen) atoms. The van der Waals surface area contributed by atoms with Crippen LogP contribution in [0.4, 0.5) is 11.8 Å². The molecule has 3 aliphatic rings. The summed E-state index contributed by atoms with van der Waals surface area (Å²) in [7, 11) is 1.37. The number of carbonyl (C=O) groups is 1. The van der Waals surface area contributed by atoms with Gasteiger partial charge in [-0.1, -0.05) is 0 Å².